The summed E-state index contributed by atoms with van der Waals surface area (Å²) >= 11 is 0. The van der Waals surface area contributed by atoms with Crippen molar-refractivity contribution >= 4 is 17.5 Å². The van der Waals surface area contributed by atoms with E-state index in [1.54, 1.807) is 47.0 Å². The predicted molar refractivity (Wildman–Crippen MR) is 156 cm³/mol. The van der Waals surface area contributed by atoms with Gasteiger partial charge in [-0.3, -0.25) is 19.5 Å². The lowest BCUT2D eigenvalue weighted by Gasteiger charge is -2.34. The molecule has 2 aromatic heterocycles. The Hall–Kier alpha value is -4.78. The maximum absolute atomic E-state index is 13.2. The smallest absolute Gasteiger partial charge is 0.422 e. The Morgan fingerprint density at radius 3 is 2.20 bits per heavy atom. The van der Waals surface area contributed by atoms with Gasteiger partial charge in [-0.05, 0) is 55.3 Å². The first-order chi connectivity index (χ1) is 21.0. The molecule has 230 valence electrons. The molecule has 2 amide bonds. The highest BCUT2D eigenvalue weighted by molar-refractivity contribution is 6.02. The number of aryl methyl sites for hydroxylation is 1. The Morgan fingerprint density at radius 2 is 1.57 bits per heavy atom. The van der Waals surface area contributed by atoms with Crippen molar-refractivity contribution in [3.05, 3.63) is 101 Å². The Labute approximate surface area is 252 Å². The molecule has 3 heterocycles. The summed E-state index contributed by atoms with van der Waals surface area (Å²) in [6.07, 6.45) is -2.77. The van der Waals surface area contributed by atoms with Crippen LogP contribution in [0.5, 0.6) is 5.75 Å². The molecule has 0 unspecified atom stereocenters. The van der Waals surface area contributed by atoms with Crippen molar-refractivity contribution < 1.29 is 27.5 Å². The number of carbonyl (C=O) groups is 2. The Kier molecular flexibility index (Phi) is 9.23. The maximum atomic E-state index is 13.2. The molecule has 0 aliphatic carbocycles. The van der Waals surface area contributed by atoms with Gasteiger partial charge in [-0.25, -0.2) is 4.68 Å². The lowest BCUT2D eigenvalue weighted by molar-refractivity contribution is -0.153. The summed E-state index contributed by atoms with van der Waals surface area (Å²) in [7, 11) is 0. The van der Waals surface area contributed by atoms with Crippen molar-refractivity contribution in [2.45, 2.75) is 33.1 Å². The van der Waals surface area contributed by atoms with Gasteiger partial charge in [0.25, 0.3) is 11.8 Å². The summed E-state index contributed by atoms with van der Waals surface area (Å²) in [5.41, 5.74) is 4.74. The summed E-state index contributed by atoms with van der Waals surface area (Å²) in [5.74, 6) is -0.335. The van der Waals surface area contributed by atoms with Crippen LogP contribution in [0, 0.1) is 13.8 Å². The van der Waals surface area contributed by atoms with E-state index in [0.29, 0.717) is 50.6 Å². The van der Waals surface area contributed by atoms with E-state index in [0.717, 1.165) is 16.7 Å². The van der Waals surface area contributed by atoms with E-state index in [9.17, 15) is 22.8 Å². The number of hydrogen-bond acceptors (Lipinski definition) is 7. The number of aromatic nitrogens is 4. The minimum Gasteiger partial charge on any atom is -0.484 e. The molecule has 2 aromatic carbocycles. The van der Waals surface area contributed by atoms with Gasteiger partial charge in [-0.1, -0.05) is 41.1 Å². The molecule has 1 saturated heterocycles. The third-order valence-corrected chi connectivity index (χ3v) is 7.28. The third kappa shape index (κ3) is 7.98. The molecule has 1 aliphatic heterocycles. The van der Waals surface area contributed by atoms with Crippen molar-refractivity contribution in [1.82, 2.24) is 29.8 Å². The molecule has 0 spiro atoms. The SMILES string of the molecule is Cc1ccc(NC(=O)c2ccc(Cn3nnc(C(=O)N4CCN(Cc5ccc(OCC(F)(F)F)cc5)CC4)c3C)cn2)cc1. The van der Waals surface area contributed by atoms with E-state index in [2.05, 4.69) is 25.5 Å². The predicted octanol–water partition coefficient (Wildman–Crippen LogP) is 4.49. The molecular formula is C31H32F3N7O3. The number of nitrogens with zero attached hydrogens (tertiary/aromatic N) is 6. The molecule has 0 bridgehead atoms. The molecule has 13 heteroatoms. The number of alkyl halides is 3. The minimum absolute atomic E-state index is 0.166. The number of pyridine rings is 1. The molecule has 10 nitrogen and oxygen atoms in total. The third-order valence-electron chi connectivity index (χ3n) is 7.28. The van der Waals surface area contributed by atoms with Gasteiger partial charge in [0, 0.05) is 44.6 Å². The average molecular weight is 608 g/mol. The van der Waals surface area contributed by atoms with Crippen molar-refractivity contribution in [3.8, 4) is 5.75 Å². The first-order valence-electron chi connectivity index (χ1n) is 14.1. The zero-order valence-electron chi connectivity index (χ0n) is 24.3. The summed E-state index contributed by atoms with van der Waals surface area (Å²) in [6, 6.07) is 17.5. The van der Waals surface area contributed by atoms with Gasteiger partial charge in [0.05, 0.1) is 12.2 Å². The zero-order valence-corrected chi connectivity index (χ0v) is 24.3. The summed E-state index contributed by atoms with van der Waals surface area (Å²) in [5, 5.41) is 11.2. The first kappa shape index (κ1) is 30.7. The highest BCUT2D eigenvalue weighted by atomic mass is 19.4. The zero-order chi connectivity index (χ0) is 31.3. The van der Waals surface area contributed by atoms with Gasteiger partial charge in [-0.15, -0.1) is 5.10 Å². The van der Waals surface area contributed by atoms with Crippen LogP contribution in [-0.2, 0) is 13.1 Å². The van der Waals surface area contributed by atoms with E-state index in [1.807, 2.05) is 31.2 Å². The summed E-state index contributed by atoms with van der Waals surface area (Å²) in [4.78, 5) is 34.0. The van der Waals surface area contributed by atoms with Crippen LogP contribution in [0.15, 0.2) is 66.9 Å². The fourth-order valence-electron chi connectivity index (χ4n) is 4.74. The topological polar surface area (TPSA) is 105 Å². The van der Waals surface area contributed by atoms with Crippen LogP contribution < -0.4 is 10.1 Å². The van der Waals surface area contributed by atoms with Crippen LogP contribution >= 0.6 is 0 Å². The van der Waals surface area contributed by atoms with Crippen LogP contribution in [0.25, 0.3) is 0 Å². The molecule has 0 saturated carbocycles. The van der Waals surface area contributed by atoms with Crippen molar-refractivity contribution in [2.75, 3.05) is 38.1 Å². The molecule has 1 aliphatic rings. The standard InChI is InChI=1S/C31H32F3N7O3/c1-21-3-8-25(9-4-21)36-29(42)27-12-7-24(17-35-27)19-41-22(2)28(37-38-41)30(43)40-15-13-39(14-16-40)18-23-5-10-26(11-6-23)44-20-31(32,33)34/h3-12,17H,13-16,18-20H2,1-2H3,(H,36,42). The molecule has 4 aromatic rings. The summed E-state index contributed by atoms with van der Waals surface area (Å²) in [6.45, 7) is 5.69. The Balaban J connectivity index is 1.11. The average Bonchev–Trinajstić information content (AvgIpc) is 3.37. The van der Waals surface area contributed by atoms with E-state index >= 15 is 0 Å². The number of ether oxygens (including phenoxy) is 1. The number of benzene rings is 2. The van der Waals surface area contributed by atoms with Gasteiger partial charge in [0.15, 0.2) is 12.3 Å². The number of piperazine rings is 1. The van der Waals surface area contributed by atoms with Crippen molar-refractivity contribution in [1.29, 1.82) is 0 Å². The maximum Gasteiger partial charge on any atom is 0.422 e. The molecule has 5 rings (SSSR count). The van der Waals surface area contributed by atoms with Gasteiger partial charge >= 0.3 is 6.18 Å². The number of anilines is 1. The second-order valence-corrected chi connectivity index (χ2v) is 10.7. The van der Waals surface area contributed by atoms with E-state index in [4.69, 9.17) is 4.74 Å². The molecule has 0 radical (unpaired) electrons. The van der Waals surface area contributed by atoms with Crippen LogP contribution in [0.1, 0.15) is 43.4 Å². The van der Waals surface area contributed by atoms with E-state index in [1.165, 1.54) is 12.1 Å². The van der Waals surface area contributed by atoms with E-state index in [-0.39, 0.29) is 29.0 Å². The highest BCUT2D eigenvalue weighted by Gasteiger charge is 2.29. The minimum atomic E-state index is -4.38. The molecule has 0 atom stereocenters. The van der Waals surface area contributed by atoms with Crippen molar-refractivity contribution in [3.63, 3.8) is 0 Å². The lowest BCUT2D eigenvalue weighted by atomic mass is 10.2. The van der Waals surface area contributed by atoms with Crippen LogP contribution in [0.4, 0.5) is 18.9 Å². The molecule has 1 N–H and O–H groups in total. The molecule has 44 heavy (non-hydrogen) atoms. The summed E-state index contributed by atoms with van der Waals surface area (Å²) < 4.78 is 43.5. The quantitative estimate of drug-likeness (QED) is 0.299. The normalized spacial score (nSPS) is 14.0. The number of halogens is 3. The van der Waals surface area contributed by atoms with E-state index < -0.39 is 12.8 Å². The second-order valence-electron chi connectivity index (χ2n) is 10.7. The first-order valence-corrected chi connectivity index (χ1v) is 14.1. The Morgan fingerprint density at radius 1 is 0.886 bits per heavy atom. The number of amides is 2. The number of hydrogen-bond donors (Lipinski definition) is 1. The van der Waals surface area contributed by atoms with Gasteiger partial charge in [0.2, 0.25) is 0 Å². The fraction of sp³-hybridized carbons (Fsp3) is 0.323. The van der Waals surface area contributed by atoms with Crippen LogP contribution in [-0.4, -0.2) is 80.6 Å². The fourth-order valence-corrected chi connectivity index (χ4v) is 4.74. The van der Waals surface area contributed by atoms with Crippen molar-refractivity contribution in [2.24, 2.45) is 0 Å². The van der Waals surface area contributed by atoms with Crippen LogP contribution in [0.3, 0.4) is 0 Å². The molecule has 1 fully saturated rings. The van der Waals surface area contributed by atoms with Gasteiger partial charge in [0.1, 0.15) is 11.4 Å². The largest absolute Gasteiger partial charge is 0.484 e. The number of nitrogens with one attached hydrogen (secondary N) is 1. The Bertz CT molecular complexity index is 1580. The number of carbonyl (C=O) groups excluding carboxylic acids is 2. The monoisotopic (exact) mass is 607 g/mol. The second kappa shape index (κ2) is 13.2. The van der Waals surface area contributed by atoms with Crippen LogP contribution in [0.2, 0.25) is 0 Å². The van der Waals surface area contributed by atoms with Gasteiger partial charge in [-0.2, -0.15) is 13.2 Å². The number of rotatable bonds is 9. The highest BCUT2D eigenvalue weighted by Crippen LogP contribution is 2.20. The lowest BCUT2D eigenvalue weighted by Crippen LogP contribution is -2.48. The van der Waals surface area contributed by atoms with Gasteiger partial charge < -0.3 is 15.0 Å². The molecular weight excluding hydrogens is 575 g/mol.